The van der Waals surface area contributed by atoms with Crippen molar-refractivity contribution < 1.29 is 22.8 Å². The third-order valence-corrected chi connectivity index (χ3v) is 8.71. The number of aryl methyl sites for hydroxylation is 2. The van der Waals surface area contributed by atoms with Gasteiger partial charge in [0.15, 0.2) is 5.82 Å². The molecule has 2 amide bonds. The number of fused-ring (bicyclic) bond motifs is 1. The van der Waals surface area contributed by atoms with E-state index >= 15 is 4.39 Å². The summed E-state index contributed by atoms with van der Waals surface area (Å²) in [6.45, 7) is 2.46. The zero-order valence-corrected chi connectivity index (χ0v) is 25.3. The van der Waals surface area contributed by atoms with Crippen LogP contribution in [0, 0.1) is 17.7 Å². The smallest absolute Gasteiger partial charge is 0.270 e. The first kappa shape index (κ1) is 31.2. The van der Waals surface area contributed by atoms with Gasteiger partial charge in [-0.1, -0.05) is 19.8 Å². The number of carbonyl (C=O) groups excluding carboxylic acids is 2. The van der Waals surface area contributed by atoms with E-state index in [1.54, 1.807) is 36.1 Å². The maximum absolute atomic E-state index is 16.4. The third-order valence-electron chi connectivity index (χ3n) is 8.71. The van der Waals surface area contributed by atoms with Crippen molar-refractivity contribution in [2.75, 3.05) is 26.4 Å². The molecule has 0 unspecified atom stereocenters. The van der Waals surface area contributed by atoms with E-state index in [2.05, 4.69) is 22.3 Å². The number of benzene rings is 1. The molecule has 1 N–H and O–H groups in total. The number of alkyl halides is 2. The average molecular weight is 610 g/mol. The predicted molar refractivity (Wildman–Crippen MR) is 161 cm³/mol. The fourth-order valence-corrected chi connectivity index (χ4v) is 6.22. The molecule has 3 aromatic heterocycles. The average Bonchev–Trinajstić information content (AvgIpc) is 3.65. The minimum atomic E-state index is -0.832. The van der Waals surface area contributed by atoms with Crippen molar-refractivity contribution in [2.24, 2.45) is 18.9 Å². The van der Waals surface area contributed by atoms with Gasteiger partial charge in [0.05, 0.1) is 17.1 Å². The first-order chi connectivity index (χ1) is 21.3. The molecule has 1 fully saturated rings. The van der Waals surface area contributed by atoms with Gasteiger partial charge < -0.3 is 14.8 Å². The van der Waals surface area contributed by atoms with E-state index in [4.69, 9.17) is 4.98 Å². The van der Waals surface area contributed by atoms with Crippen LogP contribution in [0.15, 0.2) is 42.9 Å². The molecule has 0 aliphatic heterocycles. The van der Waals surface area contributed by atoms with Gasteiger partial charge in [-0.2, -0.15) is 5.10 Å². The highest BCUT2D eigenvalue weighted by Gasteiger charge is 2.33. The van der Waals surface area contributed by atoms with Crippen LogP contribution in [0.5, 0.6) is 0 Å². The van der Waals surface area contributed by atoms with E-state index in [9.17, 15) is 18.4 Å². The number of nitrogens with one attached hydrogen (secondary N) is 1. The summed E-state index contributed by atoms with van der Waals surface area (Å²) in [4.78, 5) is 36.7. The van der Waals surface area contributed by atoms with E-state index in [1.807, 2.05) is 11.5 Å². The van der Waals surface area contributed by atoms with Gasteiger partial charge in [0.25, 0.3) is 11.8 Å². The third kappa shape index (κ3) is 6.07. The molecule has 234 valence electrons. The second-order valence-corrected chi connectivity index (χ2v) is 11.4. The SMILES string of the molecule is CCn1nccc1C(=O)N[C@H](c1nc2c(F)c(-c3cnccc3C(=O)N(CCF)CCF)ccc2n1C)C1CCC(C)CC1. The second kappa shape index (κ2) is 13.6. The van der Waals surface area contributed by atoms with Crippen LogP contribution in [0.4, 0.5) is 13.2 Å². The van der Waals surface area contributed by atoms with E-state index in [0.717, 1.165) is 30.6 Å². The van der Waals surface area contributed by atoms with E-state index in [0.29, 0.717) is 29.5 Å². The van der Waals surface area contributed by atoms with Crippen molar-refractivity contribution in [2.45, 2.75) is 52.1 Å². The highest BCUT2D eigenvalue weighted by molar-refractivity contribution is 6.01. The lowest BCUT2D eigenvalue weighted by Gasteiger charge is -2.33. The zero-order chi connectivity index (χ0) is 31.4. The number of aromatic nitrogens is 5. The number of imidazole rings is 1. The Hall–Kier alpha value is -4.22. The zero-order valence-electron chi connectivity index (χ0n) is 25.3. The standard InChI is InChI=1S/C32H38F3N7O2/c1-4-42-26(12-16-37-42)31(43)39-28(21-7-5-20(2)6-8-21)30-38-29-25(40(30)3)10-9-22(27(29)35)24-19-36-15-11-23(24)32(44)41(17-13-33)18-14-34/h9-12,15-16,19-21,28H,4-8,13-14,17-18H2,1-3H3,(H,39,43)/t20?,21?,28-/m0/s1. The first-order valence-electron chi connectivity index (χ1n) is 15.1. The summed E-state index contributed by atoms with van der Waals surface area (Å²) in [6, 6.07) is 5.91. The summed E-state index contributed by atoms with van der Waals surface area (Å²) in [5.41, 5.74) is 1.44. The molecule has 0 saturated heterocycles. The Balaban J connectivity index is 1.56. The number of hydrogen-bond donors (Lipinski definition) is 1. The Kier molecular flexibility index (Phi) is 9.65. The number of hydrogen-bond acceptors (Lipinski definition) is 5. The molecule has 1 aromatic carbocycles. The molecule has 12 heteroatoms. The molecule has 9 nitrogen and oxygen atoms in total. The normalized spacial score (nSPS) is 17.5. The van der Waals surface area contributed by atoms with Gasteiger partial charge in [-0.15, -0.1) is 0 Å². The van der Waals surface area contributed by atoms with E-state index in [-0.39, 0.29) is 47.1 Å². The summed E-state index contributed by atoms with van der Waals surface area (Å²) >= 11 is 0. The lowest BCUT2D eigenvalue weighted by atomic mass is 9.79. The molecular weight excluding hydrogens is 571 g/mol. The van der Waals surface area contributed by atoms with Crippen molar-refractivity contribution in [1.29, 1.82) is 0 Å². The lowest BCUT2D eigenvalue weighted by molar-refractivity contribution is 0.0734. The van der Waals surface area contributed by atoms with E-state index < -0.39 is 31.1 Å². The quantitative estimate of drug-likeness (QED) is 0.236. The first-order valence-corrected chi connectivity index (χ1v) is 15.1. The Labute approximate surface area is 254 Å². The lowest BCUT2D eigenvalue weighted by Crippen LogP contribution is -2.37. The molecule has 1 aliphatic rings. The number of rotatable bonds is 11. The molecule has 1 atom stereocenters. The molecule has 1 aliphatic carbocycles. The molecule has 0 spiro atoms. The van der Waals surface area contributed by atoms with Crippen LogP contribution in [-0.4, -0.2) is 67.5 Å². The summed E-state index contributed by atoms with van der Waals surface area (Å²) < 4.78 is 46.1. The van der Waals surface area contributed by atoms with Gasteiger partial charge in [-0.25, -0.2) is 18.2 Å². The van der Waals surface area contributed by atoms with Crippen molar-refractivity contribution in [3.63, 3.8) is 0 Å². The van der Waals surface area contributed by atoms with Crippen molar-refractivity contribution >= 4 is 22.8 Å². The molecule has 1 saturated carbocycles. The number of carbonyl (C=O) groups is 2. The van der Waals surface area contributed by atoms with E-state index in [1.165, 1.54) is 18.5 Å². The second-order valence-electron chi connectivity index (χ2n) is 11.4. The maximum atomic E-state index is 16.4. The maximum Gasteiger partial charge on any atom is 0.270 e. The van der Waals surface area contributed by atoms with Gasteiger partial charge in [0, 0.05) is 56.4 Å². The van der Waals surface area contributed by atoms with Crippen LogP contribution in [0.3, 0.4) is 0 Å². The summed E-state index contributed by atoms with van der Waals surface area (Å²) in [7, 11) is 1.80. The number of amides is 2. The molecule has 44 heavy (non-hydrogen) atoms. The predicted octanol–water partition coefficient (Wildman–Crippen LogP) is 5.67. The van der Waals surface area contributed by atoms with Crippen LogP contribution in [0.25, 0.3) is 22.2 Å². The van der Waals surface area contributed by atoms with Crippen molar-refractivity contribution in [1.82, 2.24) is 34.5 Å². The van der Waals surface area contributed by atoms with Gasteiger partial charge >= 0.3 is 0 Å². The molecule has 4 aromatic rings. The summed E-state index contributed by atoms with van der Waals surface area (Å²) in [5, 5.41) is 7.42. The van der Waals surface area contributed by atoms with Crippen LogP contribution < -0.4 is 5.32 Å². The Bertz CT molecular complexity index is 1620. The van der Waals surface area contributed by atoms with Gasteiger partial charge in [-0.3, -0.25) is 19.3 Å². The van der Waals surface area contributed by atoms with Gasteiger partial charge in [0.1, 0.15) is 30.4 Å². The highest BCUT2D eigenvalue weighted by Crippen LogP contribution is 2.39. The number of halogens is 3. The van der Waals surface area contributed by atoms with Crippen LogP contribution in [0.2, 0.25) is 0 Å². The van der Waals surface area contributed by atoms with Crippen molar-refractivity contribution in [3.05, 3.63) is 65.8 Å². The van der Waals surface area contributed by atoms with Crippen LogP contribution in [-0.2, 0) is 13.6 Å². The number of pyridine rings is 1. The fraction of sp³-hybridized carbons (Fsp3) is 0.469. The Morgan fingerprint density at radius 3 is 2.45 bits per heavy atom. The summed E-state index contributed by atoms with van der Waals surface area (Å²) in [6.07, 6.45) is 8.17. The topological polar surface area (TPSA) is 97.9 Å². The number of nitrogens with zero attached hydrogens (tertiary/aromatic N) is 6. The van der Waals surface area contributed by atoms with Gasteiger partial charge in [0.2, 0.25) is 0 Å². The molecule has 0 bridgehead atoms. The highest BCUT2D eigenvalue weighted by atomic mass is 19.1. The molecular formula is C32H38F3N7O2. The van der Waals surface area contributed by atoms with Crippen LogP contribution in [0.1, 0.15) is 72.2 Å². The molecule has 0 radical (unpaired) electrons. The Morgan fingerprint density at radius 2 is 1.77 bits per heavy atom. The fourth-order valence-electron chi connectivity index (χ4n) is 6.22. The Morgan fingerprint density at radius 1 is 1.05 bits per heavy atom. The molecule has 3 heterocycles. The molecule has 5 rings (SSSR count). The summed E-state index contributed by atoms with van der Waals surface area (Å²) in [5.74, 6) is -0.311. The van der Waals surface area contributed by atoms with Gasteiger partial charge in [-0.05, 0) is 55.9 Å². The minimum Gasteiger partial charge on any atom is -0.340 e. The largest absolute Gasteiger partial charge is 0.340 e. The minimum absolute atomic E-state index is 0.0882. The monoisotopic (exact) mass is 609 g/mol. The van der Waals surface area contributed by atoms with Crippen molar-refractivity contribution in [3.8, 4) is 11.1 Å². The van der Waals surface area contributed by atoms with Crippen LogP contribution >= 0.6 is 0 Å².